The lowest BCUT2D eigenvalue weighted by Gasteiger charge is -2.31. The Morgan fingerprint density at radius 2 is 1.81 bits per heavy atom. The quantitative estimate of drug-likeness (QED) is 0.612. The van der Waals surface area contributed by atoms with E-state index in [1.807, 2.05) is 42.0 Å². The van der Waals surface area contributed by atoms with Gasteiger partial charge in [-0.25, -0.2) is 0 Å². The second-order valence-electron chi connectivity index (χ2n) is 6.98. The van der Waals surface area contributed by atoms with E-state index in [9.17, 15) is 4.79 Å². The van der Waals surface area contributed by atoms with E-state index in [-0.39, 0.29) is 5.91 Å². The lowest BCUT2D eigenvalue weighted by molar-refractivity contribution is -0.131. The maximum absolute atomic E-state index is 11.8. The fourth-order valence-electron chi connectivity index (χ4n) is 3.70. The van der Waals surface area contributed by atoms with E-state index >= 15 is 0 Å². The molecule has 3 aromatic rings. The molecule has 0 N–H and O–H groups in total. The van der Waals surface area contributed by atoms with E-state index in [2.05, 4.69) is 47.4 Å². The first-order valence-corrected chi connectivity index (χ1v) is 10.5. The van der Waals surface area contributed by atoms with E-state index in [4.69, 9.17) is 0 Å². The van der Waals surface area contributed by atoms with Gasteiger partial charge < -0.3 is 4.90 Å². The number of nitrogens with zero attached hydrogens (tertiary/aromatic N) is 2. The smallest absolute Gasteiger partial charge is 0.222 e. The summed E-state index contributed by atoms with van der Waals surface area (Å²) in [4.78, 5) is 19.5. The summed E-state index contributed by atoms with van der Waals surface area (Å²) >= 11 is 1.94. The van der Waals surface area contributed by atoms with Crippen molar-refractivity contribution >= 4 is 28.4 Å². The highest BCUT2D eigenvalue weighted by Gasteiger charge is 2.22. The number of rotatable bonds is 4. The Hall–Kier alpha value is -2.33. The van der Waals surface area contributed by atoms with Crippen molar-refractivity contribution in [3.05, 3.63) is 60.9 Å². The van der Waals surface area contributed by atoms with E-state index in [0.29, 0.717) is 11.7 Å². The van der Waals surface area contributed by atoms with Crippen LogP contribution in [-0.2, 0) is 4.79 Å². The van der Waals surface area contributed by atoms with E-state index in [1.54, 1.807) is 0 Å². The predicted octanol–water partition coefficient (Wildman–Crippen LogP) is 5.39. The van der Waals surface area contributed by atoms with Crippen molar-refractivity contribution in [2.45, 2.75) is 36.3 Å². The molecule has 0 saturated carbocycles. The molecule has 1 saturated heterocycles. The molecule has 1 fully saturated rings. The molecule has 1 aliphatic heterocycles. The molecule has 3 nitrogen and oxygen atoms in total. The molecule has 4 heteroatoms. The number of pyridine rings is 1. The monoisotopic (exact) mass is 376 g/mol. The van der Waals surface area contributed by atoms with Crippen LogP contribution in [0.5, 0.6) is 0 Å². The van der Waals surface area contributed by atoms with Crippen LogP contribution in [0.1, 0.15) is 26.2 Å². The molecule has 0 bridgehead atoms. The van der Waals surface area contributed by atoms with Gasteiger partial charge in [-0.15, -0.1) is 11.8 Å². The van der Waals surface area contributed by atoms with Gasteiger partial charge in [-0.2, -0.15) is 0 Å². The molecule has 0 radical (unpaired) electrons. The number of aromatic nitrogens is 1. The molecule has 1 aromatic heterocycles. The van der Waals surface area contributed by atoms with Crippen LogP contribution in [0.4, 0.5) is 0 Å². The first-order chi connectivity index (χ1) is 13.2. The van der Waals surface area contributed by atoms with Crippen LogP contribution in [0.3, 0.4) is 0 Å². The summed E-state index contributed by atoms with van der Waals surface area (Å²) in [6.07, 6.45) is 6.63. The molecule has 0 aliphatic carbocycles. The van der Waals surface area contributed by atoms with Gasteiger partial charge in [-0.3, -0.25) is 9.78 Å². The van der Waals surface area contributed by atoms with Crippen molar-refractivity contribution in [3.63, 3.8) is 0 Å². The number of benzene rings is 2. The summed E-state index contributed by atoms with van der Waals surface area (Å²) in [6, 6.07) is 17.2. The van der Waals surface area contributed by atoms with Crippen molar-refractivity contribution in [2.24, 2.45) is 0 Å². The molecule has 1 amide bonds. The van der Waals surface area contributed by atoms with Crippen LogP contribution in [-0.4, -0.2) is 34.1 Å². The minimum absolute atomic E-state index is 0.284. The summed E-state index contributed by atoms with van der Waals surface area (Å²) in [7, 11) is 0. The van der Waals surface area contributed by atoms with Gasteiger partial charge in [-0.1, -0.05) is 43.3 Å². The number of fused-ring (bicyclic) bond motifs is 1. The first-order valence-electron chi connectivity index (χ1n) is 9.62. The number of carbonyl (C=O) groups excluding carboxylic acids is 1. The fraction of sp³-hybridized carbons (Fsp3) is 0.304. The maximum Gasteiger partial charge on any atom is 0.222 e. The van der Waals surface area contributed by atoms with E-state index < -0.39 is 0 Å². The minimum Gasteiger partial charge on any atom is -0.343 e. The topological polar surface area (TPSA) is 33.2 Å². The van der Waals surface area contributed by atoms with Gasteiger partial charge in [0.1, 0.15) is 0 Å². The Kier molecular flexibility index (Phi) is 5.44. The van der Waals surface area contributed by atoms with Crippen LogP contribution < -0.4 is 0 Å². The largest absolute Gasteiger partial charge is 0.343 e. The Morgan fingerprint density at radius 1 is 1.07 bits per heavy atom. The Balaban J connectivity index is 1.45. The Morgan fingerprint density at radius 3 is 2.56 bits per heavy atom. The molecule has 0 unspecified atom stereocenters. The average molecular weight is 377 g/mol. The highest BCUT2D eigenvalue weighted by atomic mass is 32.2. The standard InChI is InChI=1S/C23H24N2OS/c1-2-23(26)25-13-11-20(12-14-25)27-19-9-7-17(8-10-19)22-16-24-15-18-5-3-4-6-21(18)22/h3-10,15-16,20H,2,11-14H2,1H3. The predicted molar refractivity (Wildman–Crippen MR) is 113 cm³/mol. The number of carbonyl (C=O) groups is 1. The normalized spacial score (nSPS) is 15.2. The maximum atomic E-state index is 11.8. The summed E-state index contributed by atoms with van der Waals surface area (Å²) in [6.45, 7) is 3.73. The third kappa shape index (κ3) is 4.01. The van der Waals surface area contributed by atoms with Gasteiger partial charge in [0.05, 0.1) is 0 Å². The van der Waals surface area contributed by atoms with Crippen LogP contribution in [0.15, 0.2) is 65.8 Å². The molecule has 138 valence electrons. The second kappa shape index (κ2) is 8.13. The Labute approximate surface area is 164 Å². The van der Waals surface area contributed by atoms with Crippen LogP contribution in [0, 0.1) is 0 Å². The lowest BCUT2D eigenvalue weighted by atomic mass is 10.0. The van der Waals surface area contributed by atoms with E-state index in [1.165, 1.54) is 26.8 Å². The fourth-order valence-corrected chi connectivity index (χ4v) is 4.82. The molecule has 1 aliphatic rings. The zero-order valence-electron chi connectivity index (χ0n) is 15.6. The zero-order valence-corrected chi connectivity index (χ0v) is 16.4. The molecular formula is C23H24N2OS. The minimum atomic E-state index is 0.284. The molecule has 2 heterocycles. The molecule has 4 rings (SSSR count). The number of hydrogen-bond acceptors (Lipinski definition) is 3. The number of amides is 1. The molecule has 27 heavy (non-hydrogen) atoms. The molecule has 0 spiro atoms. The van der Waals surface area contributed by atoms with Gasteiger partial charge in [0.2, 0.25) is 5.91 Å². The van der Waals surface area contributed by atoms with Gasteiger partial charge in [-0.05, 0) is 35.9 Å². The highest BCUT2D eigenvalue weighted by molar-refractivity contribution is 8.00. The number of piperidine rings is 1. The van der Waals surface area contributed by atoms with Crippen LogP contribution >= 0.6 is 11.8 Å². The SMILES string of the molecule is CCC(=O)N1CCC(Sc2ccc(-c3cncc4ccccc34)cc2)CC1. The number of thioether (sulfide) groups is 1. The van der Waals surface area contributed by atoms with Gasteiger partial charge >= 0.3 is 0 Å². The molecular weight excluding hydrogens is 352 g/mol. The van der Waals surface area contributed by atoms with Crippen LogP contribution in [0.25, 0.3) is 21.9 Å². The number of hydrogen-bond donors (Lipinski definition) is 0. The van der Waals surface area contributed by atoms with Crippen molar-refractivity contribution in [1.82, 2.24) is 9.88 Å². The van der Waals surface area contributed by atoms with Gasteiger partial charge in [0, 0.05) is 53.0 Å². The molecule has 2 aromatic carbocycles. The van der Waals surface area contributed by atoms with Gasteiger partial charge in [0.25, 0.3) is 0 Å². The molecule has 0 atom stereocenters. The third-order valence-corrected chi connectivity index (χ3v) is 6.58. The summed E-state index contributed by atoms with van der Waals surface area (Å²) in [5.41, 5.74) is 2.38. The lowest BCUT2D eigenvalue weighted by Crippen LogP contribution is -2.38. The third-order valence-electron chi connectivity index (χ3n) is 5.23. The summed E-state index contributed by atoms with van der Waals surface area (Å²) in [5.74, 6) is 0.284. The average Bonchev–Trinajstić information content (AvgIpc) is 2.74. The van der Waals surface area contributed by atoms with Crippen LogP contribution in [0.2, 0.25) is 0 Å². The highest BCUT2D eigenvalue weighted by Crippen LogP contribution is 2.33. The van der Waals surface area contributed by atoms with Crippen molar-refractivity contribution in [3.8, 4) is 11.1 Å². The Bertz CT molecular complexity index is 925. The zero-order chi connectivity index (χ0) is 18.6. The van der Waals surface area contributed by atoms with Gasteiger partial charge in [0.15, 0.2) is 0 Å². The first kappa shape index (κ1) is 18.1. The van der Waals surface area contributed by atoms with Crippen molar-refractivity contribution < 1.29 is 4.79 Å². The van der Waals surface area contributed by atoms with E-state index in [0.717, 1.165) is 25.9 Å². The van der Waals surface area contributed by atoms with Crippen molar-refractivity contribution in [2.75, 3.05) is 13.1 Å². The number of likely N-dealkylation sites (tertiary alicyclic amines) is 1. The summed E-state index contributed by atoms with van der Waals surface area (Å²) < 4.78 is 0. The second-order valence-corrected chi connectivity index (χ2v) is 8.36. The summed E-state index contributed by atoms with van der Waals surface area (Å²) in [5, 5.41) is 3.00. The van der Waals surface area contributed by atoms with Crippen molar-refractivity contribution in [1.29, 1.82) is 0 Å².